The molecular weight excluding hydrogens is 476 g/mol. The Balaban J connectivity index is 1.86. The number of rotatable bonds is 6. The van der Waals surface area contributed by atoms with E-state index < -0.39 is 0 Å². The molecule has 0 radical (unpaired) electrons. The van der Waals surface area contributed by atoms with E-state index in [1.165, 1.54) is 0 Å². The predicted octanol–water partition coefficient (Wildman–Crippen LogP) is 9.29. The van der Waals surface area contributed by atoms with Gasteiger partial charge in [-0.05, 0) is 22.3 Å². The maximum absolute atomic E-state index is 14.5. The Kier molecular flexibility index (Phi) is 6.59. The predicted molar refractivity (Wildman–Crippen MR) is 160 cm³/mol. The molecule has 6 rings (SSSR count). The average Bonchev–Trinajstić information content (AvgIpc) is 3.02. The number of hydrogen-bond acceptors (Lipinski definition) is 2. The molecule has 2 heteroatoms. The van der Waals surface area contributed by atoms with Gasteiger partial charge < -0.3 is 5.11 Å². The zero-order chi connectivity index (χ0) is 26.6. The molecule has 0 unspecified atom stereocenters. The molecule has 6 aromatic carbocycles. The summed E-state index contributed by atoms with van der Waals surface area (Å²) < 4.78 is 0. The minimum absolute atomic E-state index is 0.0882. The van der Waals surface area contributed by atoms with Gasteiger partial charge in [0.15, 0.2) is 5.78 Å². The van der Waals surface area contributed by atoms with Crippen molar-refractivity contribution in [3.05, 3.63) is 163 Å². The van der Waals surface area contributed by atoms with Gasteiger partial charge >= 0.3 is 0 Å². The highest BCUT2D eigenvalue weighted by Gasteiger charge is 2.30. The van der Waals surface area contributed by atoms with Crippen LogP contribution in [0.2, 0.25) is 0 Å². The summed E-state index contributed by atoms with van der Waals surface area (Å²) in [6.45, 7) is 0. The molecule has 0 fully saturated rings. The molecule has 186 valence electrons. The van der Waals surface area contributed by atoms with E-state index in [0.717, 1.165) is 33.4 Å². The van der Waals surface area contributed by atoms with Crippen molar-refractivity contribution in [3.8, 4) is 50.3 Å². The largest absolute Gasteiger partial charge is 0.507 e. The lowest BCUT2D eigenvalue weighted by Crippen LogP contribution is -2.09. The van der Waals surface area contributed by atoms with Gasteiger partial charge in [-0.2, -0.15) is 0 Å². The Morgan fingerprint density at radius 1 is 0.385 bits per heavy atom. The number of phenolic OH excluding ortho intramolecular Hbond substituents is 1. The monoisotopic (exact) mass is 502 g/mol. The van der Waals surface area contributed by atoms with Gasteiger partial charge in [0.05, 0.1) is 0 Å². The van der Waals surface area contributed by atoms with Gasteiger partial charge in [0.1, 0.15) is 5.75 Å². The molecule has 0 heterocycles. The number of phenols is 1. The highest BCUT2D eigenvalue weighted by molar-refractivity contribution is 6.21. The van der Waals surface area contributed by atoms with E-state index in [1.54, 1.807) is 0 Å². The SMILES string of the molecule is O=C(c1ccccc1)c1c(-c2ccccc2)c(O)c(-c2ccccc2)c(-c2ccccc2)c1-c1ccccc1. The Hall–Kier alpha value is -5.21. The maximum atomic E-state index is 14.5. The lowest BCUT2D eigenvalue weighted by atomic mass is 9.78. The van der Waals surface area contributed by atoms with Gasteiger partial charge in [0.2, 0.25) is 0 Å². The molecule has 0 aliphatic heterocycles. The lowest BCUT2D eigenvalue weighted by Gasteiger charge is -2.25. The van der Waals surface area contributed by atoms with Gasteiger partial charge in [-0.15, -0.1) is 0 Å². The van der Waals surface area contributed by atoms with Crippen LogP contribution < -0.4 is 0 Å². The summed E-state index contributed by atoms with van der Waals surface area (Å²) in [5.74, 6) is -0.0504. The van der Waals surface area contributed by atoms with Crippen LogP contribution in [0.3, 0.4) is 0 Å². The molecule has 0 amide bonds. The fraction of sp³-hybridized carbons (Fsp3) is 0. The lowest BCUT2D eigenvalue weighted by molar-refractivity contribution is 0.103. The van der Waals surface area contributed by atoms with Crippen molar-refractivity contribution in [2.45, 2.75) is 0 Å². The number of ketones is 1. The third-order valence-electron chi connectivity index (χ3n) is 6.99. The molecule has 0 aromatic heterocycles. The van der Waals surface area contributed by atoms with Gasteiger partial charge in [0.25, 0.3) is 0 Å². The molecule has 39 heavy (non-hydrogen) atoms. The zero-order valence-corrected chi connectivity index (χ0v) is 21.3. The fourth-order valence-corrected chi connectivity index (χ4v) is 5.26. The maximum Gasteiger partial charge on any atom is 0.194 e. The first-order chi connectivity index (χ1) is 19.2. The molecule has 0 saturated heterocycles. The first kappa shape index (κ1) is 24.1. The van der Waals surface area contributed by atoms with Crippen LogP contribution in [-0.2, 0) is 0 Å². The minimum Gasteiger partial charge on any atom is -0.507 e. The van der Waals surface area contributed by atoms with E-state index >= 15 is 0 Å². The number of carbonyl (C=O) groups excluding carboxylic acids is 1. The van der Waals surface area contributed by atoms with Gasteiger partial charge in [-0.25, -0.2) is 0 Å². The highest BCUT2D eigenvalue weighted by atomic mass is 16.3. The third kappa shape index (κ3) is 4.54. The van der Waals surface area contributed by atoms with E-state index in [0.29, 0.717) is 22.3 Å². The van der Waals surface area contributed by atoms with Crippen LogP contribution in [0.4, 0.5) is 0 Å². The van der Waals surface area contributed by atoms with Crippen LogP contribution in [0, 0.1) is 0 Å². The van der Waals surface area contributed by atoms with Crippen LogP contribution in [0.25, 0.3) is 44.5 Å². The topological polar surface area (TPSA) is 37.3 Å². The van der Waals surface area contributed by atoms with Gasteiger partial charge in [-0.3, -0.25) is 4.79 Å². The summed E-state index contributed by atoms with van der Waals surface area (Å²) >= 11 is 0. The van der Waals surface area contributed by atoms with Crippen LogP contribution in [0.15, 0.2) is 152 Å². The molecule has 0 atom stereocenters. The smallest absolute Gasteiger partial charge is 0.194 e. The van der Waals surface area contributed by atoms with E-state index in [9.17, 15) is 9.90 Å². The molecule has 6 aromatic rings. The standard InChI is InChI=1S/C37H26O2/c38-36(30-24-14-5-15-25-30)35-32(27-18-8-2-9-19-27)31(26-16-6-1-7-17-26)33(28-20-10-3-11-21-28)37(39)34(35)29-22-12-4-13-23-29/h1-25,39H. The van der Waals surface area contributed by atoms with E-state index in [4.69, 9.17) is 0 Å². The highest BCUT2D eigenvalue weighted by Crippen LogP contribution is 2.52. The van der Waals surface area contributed by atoms with Crippen molar-refractivity contribution in [2.24, 2.45) is 0 Å². The normalized spacial score (nSPS) is 10.8. The summed E-state index contributed by atoms with van der Waals surface area (Å²) in [5.41, 5.74) is 7.39. The van der Waals surface area contributed by atoms with Crippen LogP contribution in [-0.4, -0.2) is 10.9 Å². The summed E-state index contributed by atoms with van der Waals surface area (Å²) in [6, 6.07) is 48.9. The van der Waals surface area contributed by atoms with Crippen LogP contribution in [0.1, 0.15) is 15.9 Å². The van der Waals surface area contributed by atoms with Crippen molar-refractivity contribution >= 4 is 5.78 Å². The van der Waals surface area contributed by atoms with Crippen molar-refractivity contribution in [3.63, 3.8) is 0 Å². The number of hydrogen-bond donors (Lipinski definition) is 1. The van der Waals surface area contributed by atoms with Gasteiger partial charge in [-0.1, -0.05) is 152 Å². The zero-order valence-electron chi connectivity index (χ0n) is 21.3. The van der Waals surface area contributed by atoms with Crippen molar-refractivity contribution in [1.82, 2.24) is 0 Å². The van der Waals surface area contributed by atoms with Crippen LogP contribution in [0.5, 0.6) is 5.75 Å². The second kappa shape index (κ2) is 10.6. The Morgan fingerprint density at radius 3 is 1.15 bits per heavy atom. The summed E-state index contributed by atoms with van der Waals surface area (Å²) in [4.78, 5) is 14.5. The Morgan fingerprint density at radius 2 is 0.718 bits per heavy atom. The van der Waals surface area contributed by atoms with Crippen molar-refractivity contribution in [2.75, 3.05) is 0 Å². The molecule has 0 spiro atoms. The minimum atomic E-state index is -0.139. The quantitative estimate of drug-likeness (QED) is 0.230. The molecule has 2 nitrogen and oxygen atoms in total. The number of carbonyl (C=O) groups is 1. The third-order valence-corrected chi connectivity index (χ3v) is 6.99. The number of benzene rings is 6. The molecular formula is C37H26O2. The molecule has 0 saturated carbocycles. The molecule has 0 aliphatic rings. The van der Waals surface area contributed by atoms with Gasteiger partial charge in [0, 0.05) is 33.4 Å². The summed E-state index contributed by atoms with van der Waals surface area (Å²) in [5, 5.41) is 12.2. The molecule has 1 N–H and O–H groups in total. The van der Waals surface area contributed by atoms with Crippen molar-refractivity contribution < 1.29 is 9.90 Å². The molecule has 0 bridgehead atoms. The summed E-state index contributed by atoms with van der Waals surface area (Å²) in [7, 11) is 0. The molecule has 0 aliphatic carbocycles. The number of aromatic hydroxyl groups is 1. The van der Waals surface area contributed by atoms with E-state index in [1.807, 2.05) is 152 Å². The van der Waals surface area contributed by atoms with Crippen LogP contribution >= 0.6 is 0 Å². The average molecular weight is 503 g/mol. The van der Waals surface area contributed by atoms with Crippen molar-refractivity contribution in [1.29, 1.82) is 0 Å². The second-order valence-corrected chi connectivity index (χ2v) is 9.38. The second-order valence-electron chi connectivity index (χ2n) is 9.38. The fourth-order valence-electron chi connectivity index (χ4n) is 5.26. The van der Waals surface area contributed by atoms with E-state index in [-0.39, 0.29) is 11.5 Å². The first-order valence-electron chi connectivity index (χ1n) is 13.0. The van der Waals surface area contributed by atoms with E-state index in [2.05, 4.69) is 0 Å². The Bertz CT molecular complexity index is 1730. The Labute approximate surface area is 228 Å². The summed E-state index contributed by atoms with van der Waals surface area (Å²) in [6.07, 6.45) is 0. The first-order valence-corrected chi connectivity index (χ1v) is 13.0.